The summed E-state index contributed by atoms with van der Waals surface area (Å²) in [5, 5.41) is 0. The number of ether oxygens (including phenoxy) is 2. The maximum atomic E-state index is 12.1. The fourth-order valence-electron chi connectivity index (χ4n) is 2.51. The van der Waals surface area contributed by atoms with Gasteiger partial charge in [0.1, 0.15) is 11.4 Å². The van der Waals surface area contributed by atoms with Gasteiger partial charge in [0.25, 0.3) is 0 Å². The highest BCUT2D eigenvalue weighted by Gasteiger charge is 2.26. The van der Waals surface area contributed by atoms with E-state index < -0.39 is 5.60 Å². The van der Waals surface area contributed by atoms with Crippen LogP contribution in [0.3, 0.4) is 0 Å². The second-order valence-corrected chi connectivity index (χ2v) is 7.70. The number of hydrogen-bond acceptors (Lipinski definition) is 4. The lowest BCUT2D eigenvalue weighted by molar-refractivity contribution is 0.0138. The van der Waals surface area contributed by atoms with E-state index in [1.165, 1.54) is 6.26 Å². The lowest BCUT2D eigenvalue weighted by atomic mass is 10.1. The van der Waals surface area contributed by atoms with Gasteiger partial charge in [0.2, 0.25) is 0 Å². The lowest BCUT2D eigenvalue weighted by Crippen LogP contribution is -2.49. The van der Waals surface area contributed by atoms with Crippen LogP contribution in [0.2, 0.25) is 0 Å². The van der Waals surface area contributed by atoms with Crippen LogP contribution in [0.25, 0.3) is 0 Å². The Balaban J connectivity index is 1.92. The Morgan fingerprint density at radius 2 is 1.96 bits per heavy atom. The van der Waals surface area contributed by atoms with Crippen LogP contribution in [-0.4, -0.2) is 47.7 Å². The van der Waals surface area contributed by atoms with Crippen LogP contribution < -0.4 is 4.74 Å². The van der Waals surface area contributed by atoms with E-state index >= 15 is 0 Å². The van der Waals surface area contributed by atoms with Crippen LogP contribution >= 0.6 is 15.9 Å². The fraction of sp³-hybridized carbons (Fsp3) is 0.500. The first kappa shape index (κ1) is 18.8. The molecule has 1 aromatic carbocycles. The van der Waals surface area contributed by atoms with E-state index in [1.807, 2.05) is 39.0 Å². The highest BCUT2D eigenvalue weighted by molar-refractivity contribution is 9.10. The normalized spacial score (nSPS) is 15.9. The summed E-state index contributed by atoms with van der Waals surface area (Å²) in [6.45, 7) is 13.0. The van der Waals surface area contributed by atoms with Gasteiger partial charge in [0.15, 0.2) is 0 Å². The van der Waals surface area contributed by atoms with Gasteiger partial charge in [0, 0.05) is 42.8 Å². The Morgan fingerprint density at radius 1 is 1.29 bits per heavy atom. The molecule has 0 N–H and O–H groups in total. The summed E-state index contributed by atoms with van der Waals surface area (Å²) in [6, 6.07) is 5.99. The predicted molar refractivity (Wildman–Crippen MR) is 98.1 cm³/mol. The van der Waals surface area contributed by atoms with Gasteiger partial charge < -0.3 is 14.4 Å². The number of carbonyl (C=O) groups excluding carboxylic acids is 1. The van der Waals surface area contributed by atoms with Crippen molar-refractivity contribution in [1.29, 1.82) is 0 Å². The van der Waals surface area contributed by atoms with Gasteiger partial charge in [-0.15, -0.1) is 0 Å². The van der Waals surface area contributed by atoms with Crippen molar-refractivity contribution in [2.45, 2.75) is 32.9 Å². The Morgan fingerprint density at radius 3 is 2.54 bits per heavy atom. The molecule has 2 rings (SSSR count). The summed E-state index contributed by atoms with van der Waals surface area (Å²) in [5.41, 5.74) is 0.645. The molecule has 1 saturated heterocycles. The molecule has 1 aliphatic heterocycles. The second-order valence-electron chi connectivity index (χ2n) is 6.78. The third-order valence-corrected chi connectivity index (χ3v) is 4.15. The van der Waals surface area contributed by atoms with E-state index in [1.54, 1.807) is 4.90 Å². The molecule has 1 amide bonds. The lowest BCUT2D eigenvalue weighted by Gasteiger charge is -2.35. The van der Waals surface area contributed by atoms with Gasteiger partial charge in [-0.1, -0.05) is 28.6 Å². The van der Waals surface area contributed by atoms with Crippen LogP contribution in [0.15, 0.2) is 35.5 Å². The van der Waals surface area contributed by atoms with Gasteiger partial charge in [-0.3, -0.25) is 4.90 Å². The Hall–Kier alpha value is -1.53. The molecule has 6 heteroatoms. The molecule has 0 radical (unpaired) electrons. The summed E-state index contributed by atoms with van der Waals surface area (Å²) in [6.07, 6.45) is 1.20. The number of nitrogens with zero attached hydrogens (tertiary/aromatic N) is 2. The molecule has 1 aliphatic rings. The Bertz CT molecular complexity index is 590. The minimum atomic E-state index is -0.456. The van der Waals surface area contributed by atoms with Crippen molar-refractivity contribution in [2.24, 2.45) is 0 Å². The molecule has 0 bridgehead atoms. The SMILES string of the molecule is C=COc1cc(Br)ccc1CN1CCN(C(=O)OC(C)(C)C)CC1. The molecule has 1 heterocycles. The first-order valence-electron chi connectivity index (χ1n) is 8.05. The molecule has 24 heavy (non-hydrogen) atoms. The van der Waals surface area contributed by atoms with E-state index in [9.17, 15) is 4.79 Å². The molecule has 0 aromatic heterocycles. The van der Waals surface area contributed by atoms with E-state index in [-0.39, 0.29) is 6.09 Å². The highest BCUT2D eigenvalue weighted by atomic mass is 79.9. The van der Waals surface area contributed by atoms with Gasteiger partial charge in [0.05, 0.1) is 6.26 Å². The topological polar surface area (TPSA) is 42.0 Å². The molecular weight excluding hydrogens is 372 g/mol. The molecule has 132 valence electrons. The maximum absolute atomic E-state index is 12.1. The van der Waals surface area contributed by atoms with Crippen LogP contribution in [0.5, 0.6) is 5.75 Å². The van der Waals surface area contributed by atoms with Gasteiger partial charge in [-0.25, -0.2) is 4.79 Å². The van der Waals surface area contributed by atoms with E-state index in [2.05, 4.69) is 27.4 Å². The standard InChI is InChI=1S/C18H25BrN2O3/c1-5-23-16-12-15(19)7-6-14(16)13-20-8-10-21(11-9-20)17(22)24-18(2,3)4/h5-7,12H,1,8-11,13H2,2-4H3. The smallest absolute Gasteiger partial charge is 0.410 e. The van der Waals surface area contributed by atoms with Crippen LogP contribution in [0, 0.1) is 0 Å². The molecular formula is C18H25BrN2O3. The molecule has 0 atom stereocenters. The quantitative estimate of drug-likeness (QED) is 0.720. The highest BCUT2D eigenvalue weighted by Crippen LogP contribution is 2.25. The molecule has 1 aromatic rings. The fourth-order valence-corrected chi connectivity index (χ4v) is 2.85. The zero-order valence-corrected chi connectivity index (χ0v) is 16.1. The second kappa shape index (κ2) is 8.03. The van der Waals surface area contributed by atoms with Gasteiger partial charge in [-0.05, 0) is 32.9 Å². The molecule has 5 nitrogen and oxygen atoms in total. The van der Waals surface area contributed by atoms with Crippen molar-refractivity contribution in [1.82, 2.24) is 9.80 Å². The zero-order chi connectivity index (χ0) is 17.7. The summed E-state index contributed by atoms with van der Waals surface area (Å²) in [5.74, 6) is 0.800. The van der Waals surface area contributed by atoms with Crippen molar-refractivity contribution in [2.75, 3.05) is 26.2 Å². The molecule has 0 spiro atoms. The Kier molecular flexibility index (Phi) is 6.29. The average molecular weight is 397 g/mol. The van der Waals surface area contributed by atoms with Crippen molar-refractivity contribution in [3.05, 3.63) is 41.1 Å². The van der Waals surface area contributed by atoms with E-state index in [4.69, 9.17) is 9.47 Å². The van der Waals surface area contributed by atoms with Crippen molar-refractivity contribution >= 4 is 22.0 Å². The average Bonchev–Trinajstić information content (AvgIpc) is 2.49. The molecule has 0 aliphatic carbocycles. The first-order chi connectivity index (χ1) is 11.3. The third-order valence-electron chi connectivity index (χ3n) is 3.66. The number of amides is 1. The van der Waals surface area contributed by atoms with E-state index in [0.29, 0.717) is 13.1 Å². The zero-order valence-electron chi connectivity index (χ0n) is 14.5. The molecule has 1 fully saturated rings. The minimum absolute atomic E-state index is 0.235. The largest absolute Gasteiger partial charge is 0.465 e. The van der Waals surface area contributed by atoms with Crippen LogP contribution in [-0.2, 0) is 11.3 Å². The first-order valence-corrected chi connectivity index (χ1v) is 8.84. The number of hydrogen-bond donors (Lipinski definition) is 0. The Labute approximate surface area is 152 Å². The summed E-state index contributed by atoms with van der Waals surface area (Å²) >= 11 is 3.45. The minimum Gasteiger partial charge on any atom is -0.465 e. The molecule has 0 unspecified atom stereocenters. The number of piperazine rings is 1. The van der Waals surface area contributed by atoms with Gasteiger partial charge >= 0.3 is 6.09 Å². The molecule has 0 saturated carbocycles. The summed E-state index contributed by atoms with van der Waals surface area (Å²) < 4.78 is 11.9. The number of halogens is 1. The van der Waals surface area contributed by atoms with Crippen molar-refractivity contribution in [3.63, 3.8) is 0 Å². The summed E-state index contributed by atoms with van der Waals surface area (Å²) in [4.78, 5) is 16.2. The van der Waals surface area contributed by atoms with Crippen LogP contribution in [0.1, 0.15) is 26.3 Å². The third kappa shape index (κ3) is 5.53. The number of rotatable bonds is 4. The monoisotopic (exact) mass is 396 g/mol. The van der Waals surface area contributed by atoms with Crippen LogP contribution in [0.4, 0.5) is 4.79 Å². The maximum Gasteiger partial charge on any atom is 0.410 e. The van der Waals surface area contributed by atoms with E-state index in [0.717, 1.165) is 35.4 Å². The summed E-state index contributed by atoms with van der Waals surface area (Å²) in [7, 11) is 0. The van der Waals surface area contributed by atoms with Crippen molar-refractivity contribution < 1.29 is 14.3 Å². The van der Waals surface area contributed by atoms with Gasteiger partial charge in [-0.2, -0.15) is 0 Å². The van der Waals surface area contributed by atoms with Crippen molar-refractivity contribution in [3.8, 4) is 5.75 Å². The number of carbonyl (C=O) groups is 1. The number of benzene rings is 1. The predicted octanol–water partition coefficient (Wildman–Crippen LogP) is 4.02.